The second-order valence-electron chi connectivity index (χ2n) is 5.71. The number of benzene rings is 2. The fourth-order valence-corrected chi connectivity index (χ4v) is 2.54. The number of carbonyl (C=O) groups excluding carboxylic acids is 2. The molecule has 0 radical (unpaired) electrons. The fourth-order valence-electron chi connectivity index (χ4n) is 2.54. The highest BCUT2D eigenvalue weighted by Crippen LogP contribution is 2.39. The quantitative estimate of drug-likeness (QED) is 0.579. The van der Waals surface area contributed by atoms with Gasteiger partial charge in [0.2, 0.25) is 11.6 Å². The van der Waals surface area contributed by atoms with Crippen molar-refractivity contribution >= 4 is 23.9 Å². The molecule has 0 fully saturated rings. The molecule has 2 N–H and O–H groups in total. The SMILES string of the molecule is COc1cc(/C=C2\N=C(c3ccccc3)OC2=O)cc(OC)c1OCC(N)=O. The van der Waals surface area contributed by atoms with E-state index in [4.69, 9.17) is 24.7 Å². The van der Waals surface area contributed by atoms with Crippen LogP contribution in [0.4, 0.5) is 0 Å². The molecule has 8 nitrogen and oxygen atoms in total. The summed E-state index contributed by atoms with van der Waals surface area (Å²) in [7, 11) is 2.89. The Hall–Kier alpha value is -3.81. The van der Waals surface area contributed by atoms with E-state index in [2.05, 4.69) is 4.99 Å². The van der Waals surface area contributed by atoms with Gasteiger partial charge in [-0.05, 0) is 35.9 Å². The molecular weight excluding hydrogens is 364 g/mol. The number of esters is 1. The maximum absolute atomic E-state index is 12.2. The molecule has 3 rings (SSSR count). The maximum Gasteiger partial charge on any atom is 0.363 e. The summed E-state index contributed by atoms with van der Waals surface area (Å²) in [6.07, 6.45) is 1.54. The molecule has 0 aromatic heterocycles. The Morgan fingerprint density at radius 3 is 2.36 bits per heavy atom. The lowest BCUT2D eigenvalue weighted by Gasteiger charge is -2.14. The van der Waals surface area contributed by atoms with E-state index in [1.165, 1.54) is 14.2 Å². The van der Waals surface area contributed by atoms with Crippen LogP contribution in [0.25, 0.3) is 6.08 Å². The second-order valence-corrected chi connectivity index (χ2v) is 5.71. The van der Waals surface area contributed by atoms with E-state index in [9.17, 15) is 9.59 Å². The Kier molecular flexibility index (Phi) is 5.59. The van der Waals surface area contributed by atoms with Crippen molar-refractivity contribution in [1.29, 1.82) is 0 Å². The van der Waals surface area contributed by atoms with Gasteiger partial charge in [-0.15, -0.1) is 0 Å². The van der Waals surface area contributed by atoms with Gasteiger partial charge in [-0.3, -0.25) is 4.79 Å². The number of hydrogen-bond acceptors (Lipinski definition) is 7. The van der Waals surface area contributed by atoms with E-state index < -0.39 is 11.9 Å². The van der Waals surface area contributed by atoms with Crippen LogP contribution in [0.2, 0.25) is 0 Å². The van der Waals surface area contributed by atoms with Gasteiger partial charge >= 0.3 is 5.97 Å². The largest absolute Gasteiger partial charge is 0.493 e. The van der Waals surface area contributed by atoms with Gasteiger partial charge in [0.25, 0.3) is 5.91 Å². The van der Waals surface area contributed by atoms with Crippen molar-refractivity contribution in [1.82, 2.24) is 0 Å². The van der Waals surface area contributed by atoms with E-state index in [0.717, 1.165) is 0 Å². The lowest BCUT2D eigenvalue weighted by atomic mass is 10.1. The highest BCUT2D eigenvalue weighted by atomic mass is 16.6. The van der Waals surface area contributed by atoms with Gasteiger partial charge < -0.3 is 24.7 Å². The van der Waals surface area contributed by atoms with Crippen molar-refractivity contribution in [3.63, 3.8) is 0 Å². The topological polar surface area (TPSA) is 109 Å². The zero-order valence-corrected chi connectivity index (χ0v) is 15.3. The Morgan fingerprint density at radius 2 is 1.79 bits per heavy atom. The maximum atomic E-state index is 12.2. The zero-order chi connectivity index (χ0) is 20.1. The Bertz CT molecular complexity index is 941. The van der Waals surface area contributed by atoms with Crippen LogP contribution in [0.1, 0.15) is 11.1 Å². The Balaban J connectivity index is 1.96. The number of aliphatic imine (C=N–C) groups is 1. The number of nitrogens with zero attached hydrogens (tertiary/aromatic N) is 1. The van der Waals surface area contributed by atoms with Gasteiger partial charge in [0.05, 0.1) is 14.2 Å². The lowest BCUT2D eigenvalue weighted by Crippen LogP contribution is -2.20. The van der Waals surface area contributed by atoms with Gasteiger partial charge in [0.1, 0.15) is 0 Å². The molecule has 0 bridgehead atoms. The zero-order valence-electron chi connectivity index (χ0n) is 15.3. The fraction of sp³-hybridized carbons (Fsp3) is 0.150. The minimum Gasteiger partial charge on any atom is -0.493 e. The minimum absolute atomic E-state index is 0.133. The highest BCUT2D eigenvalue weighted by molar-refractivity contribution is 6.12. The van der Waals surface area contributed by atoms with E-state index in [1.807, 2.05) is 18.2 Å². The summed E-state index contributed by atoms with van der Waals surface area (Å²) in [5.74, 6) is -0.111. The molecule has 144 valence electrons. The van der Waals surface area contributed by atoms with Gasteiger partial charge in [-0.1, -0.05) is 18.2 Å². The number of rotatable bonds is 7. The first-order valence-electron chi connectivity index (χ1n) is 8.27. The van der Waals surface area contributed by atoms with Crippen molar-refractivity contribution in [2.45, 2.75) is 0 Å². The minimum atomic E-state index is -0.633. The summed E-state index contributed by atoms with van der Waals surface area (Å²) in [6.45, 7) is -0.329. The summed E-state index contributed by atoms with van der Waals surface area (Å²) in [5, 5.41) is 0. The predicted octanol–water partition coefficient (Wildman–Crippen LogP) is 1.91. The second kappa shape index (κ2) is 8.26. The Labute approximate surface area is 161 Å². The summed E-state index contributed by atoms with van der Waals surface area (Å²) in [5.41, 5.74) is 6.52. The smallest absolute Gasteiger partial charge is 0.363 e. The summed E-state index contributed by atoms with van der Waals surface area (Å²) < 4.78 is 21.2. The van der Waals surface area contributed by atoms with Crippen LogP contribution in [0.15, 0.2) is 53.2 Å². The van der Waals surface area contributed by atoms with Crippen molar-refractivity contribution in [2.24, 2.45) is 10.7 Å². The number of methoxy groups -OCH3 is 2. The van der Waals surface area contributed by atoms with E-state index >= 15 is 0 Å². The van der Waals surface area contributed by atoms with E-state index in [1.54, 1.807) is 30.3 Å². The average Bonchev–Trinajstić information content (AvgIpc) is 3.07. The van der Waals surface area contributed by atoms with Crippen molar-refractivity contribution in [3.05, 3.63) is 59.3 Å². The molecule has 0 saturated carbocycles. The van der Waals surface area contributed by atoms with Crippen molar-refractivity contribution in [3.8, 4) is 17.2 Å². The first kappa shape index (κ1) is 19.0. The normalized spacial score (nSPS) is 14.4. The average molecular weight is 382 g/mol. The molecule has 0 atom stereocenters. The number of cyclic esters (lactones) is 1. The third-order valence-electron chi connectivity index (χ3n) is 3.79. The number of hydrogen-bond donors (Lipinski definition) is 1. The van der Waals surface area contributed by atoms with Crippen LogP contribution >= 0.6 is 0 Å². The van der Waals surface area contributed by atoms with Gasteiger partial charge in [0, 0.05) is 5.56 Å². The molecule has 2 aromatic carbocycles. The van der Waals surface area contributed by atoms with Gasteiger partial charge in [-0.25, -0.2) is 9.79 Å². The summed E-state index contributed by atoms with van der Waals surface area (Å²) in [4.78, 5) is 27.4. The predicted molar refractivity (Wildman–Crippen MR) is 101 cm³/mol. The molecule has 8 heteroatoms. The van der Waals surface area contributed by atoms with E-state index in [-0.39, 0.29) is 24.0 Å². The van der Waals surface area contributed by atoms with Crippen LogP contribution in [-0.4, -0.2) is 38.6 Å². The summed E-state index contributed by atoms with van der Waals surface area (Å²) >= 11 is 0. The molecule has 2 aromatic rings. The van der Waals surface area contributed by atoms with Crippen LogP contribution in [0.5, 0.6) is 17.2 Å². The highest BCUT2D eigenvalue weighted by Gasteiger charge is 2.24. The molecular formula is C20H18N2O6. The Morgan fingerprint density at radius 1 is 1.14 bits per heavy atom. The first-order valence-corrected chi connectivity index (χ1v) is 8.27. The van der Waals surface area contributed by atoms with Crippen LogP contribution < -0.4 is 19.9 Å². The van der Waals surface area contributed by atoms with Crippen LogP contribution in [0, 0.1) is 0 Å². The number of nitrogens with two attached hydrogens (primary N) is 1. The lowest BCUT2D eigenvalue weighted by molar-refractivity contribution is -0.130. The van der Waals surface area contributed by atoms with Crippen molar-refractivity contribution in [2.75, 3.05) is 20.8 Å². The molecule has 1 aliphatic rings. The number of carbonyl (C=O) groups is 2. The molecule has 0 aliphatic carbocycles. The standard InChI is InChI=1S/C20H18N2O6/c1-25-15-9-12(10-16(26-2)18(15)27-11-17(21)23)8-14-20(24)28-19(22-14)13-6-4-3-5-7-13/h3-10H,11H2,1-2H3,(H2,21,23)/b14-8-. The molecule has 0 spiro atoms. The van der Waals surface area contributed by atoms with Crippen molar-refractivity contribution < 1.29 is 28.5 Å². The third kappa shape index (κ3) is 4.12. The number of primary amides is 1. The number of ether oxygens (including phenoxy) is 4. The van der Waals surface area contributed by atoms with Crippen LogP contribution in [0.3, 0.4) is 0 Å². The van der Waals surface area contributed by atoms with Gasteiger partial charge in [0.15, 0.2) is 23.8 Å². The molecule has 0 saturated heterocycles. The third-order valence-corrected chi connectivity index (χ3v) is 3.79. The van der Waals surface area contributed by atoms with Crippen LogP contribution in [-0.2, 0) is 14.3 Å². The monoisotopic (exact) mass is 382 g/mol. The molecule has 1 aliphatic heterocycles. The molecule has 1 amide bonds. The summed E-state index contributed by atoms with van der Waals surface area (Å²) in [6, 6.07) is 12.3. The first-order chi connectivity index (χ1) is 13.5. The number of amides is 1. The van der Waals surface area contributed by atoms with Gasteiger partial charge in [-0.2, -0.15) is 0 Å². The van der Waals surface area contributed by atoms with E-state index in [0.29, 0.717) is 22.6 Å². The molecule has 28 heavy (non-hydrogen) atoms. The molecule has 1 heterocycles. The molecule has 0 unspecified atom stereocenters.